The summed E-state index contributed by atoms with van der Waals surface area (Å²) in [6, 6.07) is 0. The molecular formula is C22H32O4S. The van der Waals surface area contributed by atoms with Crippen molar-refractivity contribution in [1.29, 1.82) is 0 Å². The zero-order valence-electron chi connectivity index (χ0n) is 16.5. The Kier molecular flexibility index (Phi) is 4.91. The number of carbonyl (C=O) groups excluding carboxylic acids is 1. The van der Waals surface area contributed by atoms with Crippen molar-refractivity contribution in [3.8, 4) is 0 Å². The average molecular weight is 393 g/mol. The Morgan fingerprint density at radius 1 is 1.22 bits per heavy atom. The van der Waals surface area contributed by atoms with Crippen LogP contribution >= 0.6 is 0 Å². The highest BCUT2D eigenvalue weighted by molar-refractivity contribution is 7.92. The Labute approximate surface area is 163 Å². The number of hydrogen-bond acceptors (Lipinski definition) is 4. The van der Waals surface area contributed by atoms with Gasteiger partial charge in [0.15, 0.2) is 9.84 Å². The second-order valence-corrected chi connectivity index (χ2v) is 11.7. The van der Waals surface area contributed by atoms with Crippen LogP contribution in [0.2, 0.25) is 0 Å². The molecule has 5 heteroatoms. The monoisotopic (exact) mass is 392 g/mol. The van der Waals surface area contributed by atoms with Gasteiger partial charge in [-0.3, -0.25) is 0 Å². The third kappa shape index (κ3) is 3.15. The number of aliphatic hydroxyl groups excluding tert-OH is 1. The summed E-state index contributed by atoms with van der Waals surface area (Å²) in [5.41, 5.74) is 3.44. The lowest BCUT2D eigenvalue weighted by Gasteiger charge is -2.43. The van der Waals surface area contributed by atoms with E-state index in [2.05, 4.69) is 13.0 Å². The van der Waals surface area contributed by atoms with Gasteiger partial charge in [-0.05, 0) is 74.2 Å². The molecule has 0 saturated heterocycles. The van der Waals surface area contributed by atoms with Gasteiger partial charge >= 0.3 is 0 Å². The second-order valence-electron chi connectivity index (χ2n) is 9.59. The molecule has 0 amide bonds. The Bertz CT molecular complexity index is 793. The molecule has 150 valence electrons. The normalized spacial score (nSPS) is 43.4. The van der Waals surface area contributed by atoms with Gasteiger partial charge < -0.3 is 9.90 Å². The third-order valence-corrected chi connectivity index (χ3v) is 9.99. The molecular weight excluding hydrogens is 360 g/mol. The number of aliphatic hydroxyl groups is 1. The maximum Gasteiger partial charge on any atom is 0.164 e. The minimum absolute atomic E-state index is 0.0670. The third-order valence-electron chi connectivity index (χ3n) is 8.05. The smallest absolute Gasteiger partial charge is 0.164 e. The van der Waals surface area contributed by atoms with Gasteiger partial charge in [0.2, 0.25) is 0 Å². The van der Waals surface area contributed by atoms with Crippen LogP contribution in [0.15, 0.2) is 22.8 Å². The van der Waals surface area contributed by atoms with Crippen LogP contribution in [-0.2, 0) is 14.6 Å². The molecule has 4 nitrogen and oxygen atoms in total. The van der Waals surface area contributed by atoms with Gasteiger partial charge in [-0.15, -0.1) is 0 Å². The molecule has 3 aliphatic carbocycles. The van der Waals surface area contributed by atoms with Gasteiger partial charge in [0.05, 0.1) is 11.9 Å². The van der Waals surface area contributed by atoms with Crippen molar-refractivity contribution in [1.82, 2.24) is 0 Å². The predicted octanol–water partition coefficient (Wildman–Crippen LogP) is 3.60. The van der Waals surface area contributed by atoms with Crippen molar-refractivity contribution >= 4 is 16.1 Å². The van der Waals surface area contributed by atoms with Crippen molar-refractivity contribution < 1.29 is 18.3 Å². The molecule has 0 spiro atoms. The van der Waals surface area contributed by atoms with E-state index in [4.69, 9.17) is 0 Å². The quantitative estimate of drug-likeness (QED) is 0.588. The number of aldehydes is 1. The molecule has 4 rings (SSSR count). The van der Waals surface area contributed by atoms with E-state index >= 15 is 0 Å². The first-order chi connectivity index (χ1) is 12.8. The fraction of sp³-hybridized carbons (Fsp3) is 0.773. The summed E-state index contributed by atoms with van der Waals surface area (Å²) in [4.78, 5) is 11.4. The van der Waals surface area contributed by atoms with Crippen molar-refractivity contribution in [2.45, 2.75) is 76.6 Å². The first-order valence-electron chi connectivity index (χ1n) is 10.5. The lowest BCUT2D eigenvalue weighted by atomic mass is 9.61. The minimum Gasteiger partial charge on any atom is -0.393 e. The SMILES string of the molecule is C[C@H](C=O)[C@H]1CC[C@H]2/C(=C/C3C4=C(CC[C@H](O)C4)CS3(=O)=O)CCC[C@]12C. The van der Waals surface area contributed by atoms with Crippen molar-refractivity contribution in [2.24, 2.45) is 23.2 Å². The van der Waals surface area contributed by atoms with E-state index in [-0.39, 0.29) is 17.1 Å². The lowest BCUT2D eigenvalue weighted by Crippen LogP contribution is -2.36. The zero-order chi connectivity index (χ0) is 19.4. The highest BCUT2D eigenvalue weighted by Crippen LogP contribution is 2.59. The molecule has 0 aromatic heterocycles. The van der Waals surface area contributed by atoms with Crippen LogP contribution in [0.3, 0.4) is 0 Å². The predicted molar refractivity (Wildman–Crippen MR) is 106 cm³/mol. The topological polar surface area (TPSA) is 71.4 Å². The van der Waals surface area contributed by atoms with Gasteiger partial charge in [0.1, 0.15) is 11.5 Å². The Balaban J connectivity index is 1.67. The maximum absolute atomic E-state index is 12.9. The molecule has 6 atom stereocenters. The first kappa shape index (κ1) is 19.4. The average Bonchev–Trinajstić information content (AvgIpc) is 3.09. The maximum atomic E-state index is 12.9. The molecule has 27 heavy (non-hydrogen) atoms. The van der Waals surface area contributed by atoms with E-state index in [9.17, 15) is 18.3 Å². The van der Waals surface area contributed by atoms with Crippen LogP contribution in [-0.4, -0.2) is 36.9 Å². The van der Waals surface area contributed by atoms with E-state index in [0.29, 0.717) is 24.7 Å². The fourth-order valence-corrected chi connectivity index (χ4v) is 8.74. The van der Waals surface area contributed by atoms with Gasteiger partial charge in [-0.2, -0.15) is 0 Å². The van der Waals surface area contributed by atoms with Crippen molar-refractivity contribution in [3.05, 3.63) is 22.8 Å². The Hall–Kier alpha value is -0.940. The number of fused-ring (bicyclic) bond motifs is 1. The molecule has 1 unspecified atom stereocenters. The fourth-order valence-electron chi connectivity index (χ4n) is 6.67. The van der Waals surface area contributed by atoms with Crippen LogP contribution in [0.25, 0.3) is 0 Å². The van der Waals surface area contributed by atoms with Crippen LogP contribution in [0.4, 0.5) is 0 Å². The molecule has 2 saturated carbocycles. The van der Waals surface area contributed by atoms with Gasteiger partial charge in [0, 0.05) is 5.92 Å². The Morgan fingerprint density at radius 2 is 2.00 bits per heavy atom. The van der Waals surface area contributed by atoms with Gasteiger partial charge in [0.25, 0.3) is 0 Å². The number of sulfone groups is 1. The van der Waals surface area contributed by atoms with E-state index in [1.165, 1.54) is 5.57 Å². The van der Waals surface area contributed by atoms with Crippen LogP contribution in [0, 0.1) is 23.2 Å². The summed E-state index contributed by atoms with van der Waals surface area (Å²) >= 11 is 0. The summed E-state index contributed by atoms with van der Waals surface area (Å²) in [5, 5.41) is 9.56. The summed E-state index contributed by atoms with van der Waals surface area (Å²) in [6.45, 7) is 4.35. The van der Waals surface area contributed by atoms with Crippen LogP contribution in [0.5, 0.6) is 0 Å². The summed E-state index contributed by atoms with van der Waals surface area (Å²) in [6.07, 6.45) is 9.95. The van der Waals surface area contributed by atoms with Gasteiger partial charge in [-0.1, -0.05) is 31.1 Å². The standard InChI is InChI=1S/C22H32O4S/c1-14(12-23)19-7-8-20-15(4-3-9-22(19,20)2)10-21-18-11-17(24)6-5-16(18)13-27(21,25)26/h10,12,14,17,19-21,24H,3-9,11,13H2,1-2H3/b15-10+/t14-,17+,19-,20+,21?,22-/m1/s1. The Morgan fingerprint density at radius 3 is 2.74 bits per heavy atom. The molecule has 0 aromatic carbocycles. The summed E-state index contributed by atoms with van der Waals surface area (Å²) < 4.78 is 25.8. The molecule has 1 aliphatic heterocycles. The highest BCUT2D eigenvalue weighted by atomic mass is 32.2. The van der Waals surface area contributed by atoms with Crippen molar-refractivity contribution in [3.63, 3.8) is 0 Å². The van der Waals surface area contributed by atoms with Crippen LogP contribution < -0.4 is 0 Å². The summed E-state index contributed by atoms with van der Waals surface area (Å²) in [7, 11) is -3.19. The highest BCUT2D eigenvalue weighted by Gasteiger charge is 2.51. The molecule has 4 aliphatic rings. The van der Waals surface area contributed by atoms with Crippen molar-refractivity contribution in [2.75, 3.05) is 5.75 Å². The van der Waals surface area contributed by atoms with E-state index < -0.39 is 21.2 Å². The van der Waals surface area contributed by atoms with E-state index in [1.54, 1.807) is 0 Å². The minimum atomic E-state index is -3.19. The molecule has 1 N–H and O–H groups in total. The molecule has 2 fully saturated rings. The molecule has 0 aromatic rings. The number of rotatable bonds is 3. The van der Waals surface area contributed by atoms with Crippen LogP contribution in [0.1, 0.15) is 65.2 Å². The number of hydrogen-bond donors (Lipinski definition) is 1. The molecule has 0 radical (unpaired) electrons. The lowest BCUT2D eigenvalue weighted by molar-refractivity contribution is -0.113. The molecule has 0 bridgehead atoms. The van der Waals surface area contributed by atoms with Gasteiger partial charge in [-0.25, -0.2) is 8.42 Å². The first-order valence-corrected chi connectivity index (χ1v) is 12.2. The number of carbonyl (C=O) groups is 1. The largest absolute Gasteiger partial charge is 0.393 e. The van der Waals surface area contributed by atoms with E-state index in [1.807, 2.05) is 6.92 Å². The zero-order valence-corrected chi connectivity index (χ0v) is 17.3. The second kappa shape index (κ2) is 6.84. The molecule has 1 heterocycles. The van der Waals surface area contributed by atoms with E-state index in [0.717, 1.165) is 56.0 Å². The number of allylic oxidation sites excluding steroid dienone is 1. The summed E-state index contributed by atoms with van der Waals surface area (Å²) in [5.74, 6) is 1.04.